The van der Waals surface area contributed by atoms with Crippen molar-refractivity contribution in [2.24, 2.45) is 0 Å². The van der Waals surface area contributed by atoms with Crippen LogP contribution in [0, 0.1) is 13.5 Å². The second kappa shape index (κ2) is 8.42. The zero-order chi connectivity index (χ0) is 22.1. The van der Waals surface area contributed by atoms with Crippen molar-refractivity contribution in [1.29, 1.82) is 0 Å². The van der Waals surface area contributed by atoms with E-state index < -0.39 is 0 Å². The molecule has 2 aromatic rings. The van der Waals surface area contributed by atoms with Gasteiger partial charge in [0.2, 0.25) is 0 Å². The molecular formula is C30H36. The van der Waals surface area contributed by atoms with Crippen LogP contribution in [-0.2, 0) is 10.8 Å². The Morgan fingerprint density at radius 3 is 1.93 bits per heavy atom. The average molecular weight is 397 g/mol. The third-order valence-electron chi connectivity index (χ3n) is 5.94. The van der Waals surface area contributed by atoms with E-state index in [1.165, 1.54) is 28.7 Å². The topological polar surface area (TPSA) is 0 Å². The third kappa shape index (κ3) is 4.86. The van der Waals surface area contributed by atoms with Gasteiger partial charge in [-0.05, 0) is 81.5 Å². The van der Waals surface area contributed by atoms with E-state index in [1.807, 2.05) is 0 Å². The molecule has 0 N–H and O–H groups in total. The lowest BCUT2D eigenvalue weighted by molar-refractivity contribution is 0.564. The maximum Gasteiger partial charge on any atom is -0.0111 e. The quantitative estimate of drug-likeness (QED) is 0.488. The largest absolute Gasteiger partial charge is 0.0839 e. The van der Waals surface area contributed by atoms with Crippen molar-refractivity contribution >= 4 is 11.1 Å². The van der Waals surface area contributed by atoms with Crippen molar-refractivity contribution in [1.82, 2.24) is 0 Å². The highest BCUT2D eigenvalue weighted by atomic mass is 14.3. The van der Waals surface area contributed by atoms with E-state index >= 15 is 0 Å². The minimum absolute atomic E-state index is 0.00946. The molecule has 3 rings (SSSR count). The van der Waals surface area contributed by atoms with Crippen LogP contribution in [0.25, 0.3) is 11.1 Å². The predicted molar refractivity (Wildman–Crippen MR) is 133 cm³/mol. The molecule has 1 aliphatic carbocycles. The summed E-state index contributed by atoms with van der Waals surface area (Å²) in [6.45, 7) is 24.6. The van der Waals surface area contributed by atoms with Gasteiger partial charge in [0, 0.05) is 0 Å². The van der Waals surface area contributed by atoms with E-state index in [9.17, 15) is 0 Å². The first-order valence-electron chi connectivity index (χ1n) is 11.1. The van der Waals surface area contributed by atoms with Gasteiger partial charge in [0.1, 0.15) is 0 Å². The Hall–Kier alpha value is -2.34. The molecule has 0 aliphatic heterocycles. The normalized spacial score (nSPS) is 15.0. The molecule has 0 saturated heterocycles. The van der Waals surface area contributed by atoms with Crippen molar-refractivity contribution < 1.29 is 0 Å². The molecular weight excluding hydrogens is 360 g/mol. The summed E-state index contributed by atoms with van der Waals surface area (Å²) in [6.07, 6.45) is 10.4. The molecule has 0 bridgehead atoms. The van der Waals surface area contributed by atoms with E-state index in [2.05, 4.69) is 103 Å². The summed E-state index contributed by atoms with van der Waals surface area (Å²) in [5, 5.41) is 0. The molecule has 0 aromatic heterocycles. The summed E-state index contributed by atoms with van der Waals surface area (Å²) in [4.78, 5) is 0. The Labute approximate surface area is 184 Å². The summed E-state index contributed by atoms with van der Waals surface area (Å²) in [5.41, 5.74) is 9.21. The Bertz CT molecular complexity index is 945. The molecule has 0 amide bonds. The SMILES string of the molecule is [CH]=C(c1ccc(C2=CCCCC=C2)cc1)c1cc(C(C)(C)C)c([CH2])c(C(C)(C)C)c1. The second-order valence-electron chi connectivity index (χ2n) is 10.5. The van der Waals surface area contributed by atoms with E-state index in [-0.39, 0.29) is 10.8 Å². The molecule has 2 radical (unpaired) electrons. The lowest BCUT2D eigenvalue weighted by Crippen LogP contribution is -2.20. The number of allylic oxidation sites excluding steroid dienone is 4. The van der Waals surface area contributed by atoms with E-state index in [0.717, 1.165) is 35.1 Å². The van der Waals surface area contributed by atoms with Gasteiger partial charge in [-0.2, -0.15) is 0 Å². The highest BCUT2D eigenvalue weighted by Crippen LogP contribution is 2.37. The second-order valence-corrected chi connectivity index (χ2v) is 10.5. The van der Waals surface area contributed by atoms with Crippen molar-refractivity contribution in [3.63, 3.8) is 0 Å². The monoisotopic (exact) mass is 396 g/mol. The van der Waals surface area contributed by atoms with Gasteiger partial charge in [-0.15, -0.1) is 0 Å². The number of rotatable bonds is 3. The smallest absolute Gasteiger partial charge is 0.0111 e. The van der Waals surface area contributed by atoms with Crippen molar-refractivity contribution in [2.75, 3.05) is 0 Å². The number of hydrogen-bond donors (Lipinski definition) is 0. The van der Waals surface area contributed by atoms with Crippen LogP contribution in [0.2, 0.25) is 0 Å². The Kier molecular flexibility index (Phi) is 6.27. The summed E-state index contributed by atoms with van der Waals surface area (Å²) in [6, 6.07) is 13.1. The fourth-order valence-corrected chi connectivity index (χ4v) is 4.16. The highest BCUT2D eigenvalue weighted by Gasteiger charge is 2.25. The van der Waals surface area contributed by atoms with Gasteiger partial charge < -0.3 is 0 Å². The molecule has 2 aromatic carbocycles. The lowest BCUT2D eigenvalue weighted by atomic mass is 9.75. The van der Waals surface area contributed by atoms with Crippen LogP contribution in [0.4, 0.5) is 0 Å². The van der Waals surface area contributed by atoms with Crippen LogP contribution in [0.3, 0.4) is 0 Å². The first-order valence-corrected chi connectivity index (χ1v) is 11.1. The minimum atomic E-state index is 0.00946. The Morgan fingerprint density at radius 1 is 0.833 bits per heavy atom. The fourth-order valence-electron chi connectivity index (χ4n) is 4.16. The van der Waals surface area contributed by atoms with Gasteiger partial charge in [-0.25, -0.2) is 0 Å². The van der Waals surface area contributed by atoms with Gasteiger partial charge in [0.15, 0.2) is 0 Å². The first-order chi connectivity index (χ1) is 14.0. The number of hydrogen-bond acceptors (Lipinski definition) is 0. The molecule has 0 fully saturated rings. The molecule has 0 atom stereocenters. The maximum absolute atomic E-state index is 6.71. The van der Waals surface area contributed by atoms with Crippen molar-refractivity contribution in [2.45, 2.75) is 71.6 Å². The molecule has 1 aliphatic rings. The minimum Gasteiger partial charge on any atom is -0.0839 e. The van der Waals surface area contributed by atoms with Gasteiger partial charge in [-0.1, -0.05) is 103 Å². The first kappa shape index (κ1) is 22.3. The fraction of sp³-hybridized carbons (Fsp3) is 0.367. The molecule has 30 heavy (non-hydrogen) atoms. The van der Waals surface area contributed by atoms with Crippen LogP contribution in [0.1, 0.15) is 94.2 Å². The molecule has 0 heterocycles. The molecule has 0 nitrogen and oxygen atoms in total. The van der Waals surface area contributed by atoms with Gasteiger partial charge in [-0.3, -0.25) is 0 Å². The molecule has 0 saturated carbocycles. The van der Waals surface area contributed by atoms with Gasteiger partial charge in [0.05, 0.1) is 0 Å². The van der Waals surface area contributed by atoms with Gasteiger partial charge in [0.25, 0.3) is 0 Å². The summed E-state index contributed by atoms with van der Waals surface area (Å²) in [7, 11) is 0. The zero-order valence-corrected chi connectivity index (χ0v) is 19.6. The van der Waals surface area contributed by atoms with Crippen LogP contribution < -0.4 is 0 Å². The van der Waals surface area contributed by atoms with Gasteiger partial charge >= 0.3 is 0 Å². The van der Waals surface area contributed by atoms with E-state index in [1.54, 1.807) is 0 Å². The van der Waals surface area contributed by atoms with E-state index in [4.69, 9.17) is 6.58 Å². The van der Waals surface area contributed by atoms with Crippen LogP contribution >= 0.6 is 0 Å². The Morgan fingerprint density at radius 2 is 1.40 bits per heavy atom. The van der Waals surface area contributed by atoms with Crippen LogP contribution in [0.5, 0.6) is 0 Å². The van der Waals surface area contributed by atoms with Crippen molar-refractivity contribution in [3.05, 3.63) is 102 Å². The van der Waals surface area contributed by atoms with Crippen LogP contribution in [-0.4, -0.2) is 0 Å². The average Bonchev–Trinajstić information content (AvgIpc) is 2.95. The summed E-state index contributed by atoms with van der Waals surface area (Å²) in [5.74, 6) is 0. The highest BCUT2D eigenvalue weighted by molar-refractivity contribution is 5.81. The molecule has 0 heteroatoms. The van der Waals surface area contributed by atoms with E-state index in [0.29, 0.717) is 0 Å². The summed E-state index contributed by atoms with van der Waals surface area (Å²) >= 11 is 0. The van der Waals surface area contributed by atoms with Crippen LogP contribution in [0.15, 0.2) is 54.6 Å². The molecule has 0 unspecified atom stereocenters. The molecule has 156 valence electrons. The lowest BCUT2D eigenvalue weighted by Gasteiger charge is -2.30. The predicted octanol–water partition coefficient (Wildman–Crippen LogP) is 8.45. The summed E-state index contributed by atoms with van der Waals surface area (Å²) < 4.78 is 0. The maximum atomic E-state index is 6.71. The molecule has 0 spiro atoms. The standard InChI is InChI=1S/C30H36/c1-21(23-15-17-25(18-16-23)24-13-11-9-10-12-14-24)26-19-27(29(3,4)5)22(2)28(20-26)30(6,7)8/h1,11,13-20H,2,9-10,12H2,3-8H3. The zero-order valence-electron chi connectivity index (χ0n) is 19.6. The van der Waals surface area contributed by atoms with Crippen molar-refractivity contribution in [3.8, 4) is 0 Å². The number of benzene rings is 2. The third-order valence-corrected chi connectivity index (χ3v) is 5.94. The Balaban J connectivity index is 2.01.